The third-order valence-corrected chi connectivity index (χ3v) is 6.18. The molecule has 2 heterocycles. The number of carbonyl (C=O) groups is 1. The molecular formula is C24H28N3O2+. The minimum Gasteiger partial charge on any atom is -0.332 e. The number of hydrogen-bond acceptors (Lipinski definition) is 2. The molecule has 1 fully saturated rings. The number of aryl methyl sites for hydroxylation is 2. The molecule has 5 heteroatoms. The van der Waals surface area contributed by atoms with Gasteiger partial charge in [-0.2, -0.15) is 0 Å². The third kappa shape index (κ3) is 3.58. The molecule has 5 nitrogen and oxygen atoms in total. The van der Waals surface area contributed by atoms with Crippen LogP contribution in [0.1, 0.15) is 28.4 Å². The molecule has 150 valence electrons. The van der Waals surface area contributed by atoms with E-state index in [0.717, 1.165) is 49.4 Å². The molecule has 0 bridgehead atoms. The fraction of sp³-hybridized carbons (Fsp3) is 0.333. The van der Waals surface area contributed by atoms with Crippen molar-refractivity contribution in [2.75, 3.05) is 32.7 Å². The highest BCUT2D eigenvalue weighted by molar-refractivity contribution is 6.06. The number of nitrogens with one attached hydrogen (secondary N) is 1. The zero-order valence-electron chi connectivity index (χ0n) is 17.4. The van der Waals surface area contributed by atoms with E-state index >= 15 is 0 Å². The lowest BCUT2D eigenvalue weighted by Gasteiger charge is -2.32. The Morgan fingerprint density at radius 2 is 1.69 bits per heavy atom. The van der Waals surface area contributed by atoms with Gasteiger partial charge in [-0.25, -0.2) is 0 Å². The lowest BCUT2D eigenvalue weighted by atomic mass is 10.0. The molecule has 1 amide bonds. The van der Waals surface area contributed by atoms with Gasteiger partial charge in [-0.1, -0.05) is 24.3 Å². The first-order valence-electron chi connectivity index (χ1n) is 10.3. The number of nitrogens with zero attached hydrogens (tertiary/aromatic N) is 2. The maximum absolute atomic E-state index is 13.4. The van der Waals surface area contributed by atoms with E-state index in [9.17, 15) is 9.59 Å². The van der Waals surface area contributed by atoms with Crippen LogP contribution >= 0.6 is 0 Å². The molecule has 0 saturated carbocycles. The van der Waals surface area contributed by atoms with E-state index in [1.165, 1.54) is 10.5 Å². The highest BCUT2D eigenvalue weighted by Crippen LogP contribution is 2.20. The van der Waals surface area contributed by atoms with E-state index in [1.54, 1.807) is 10.8 Å². The smallest absolute Gasteiger partial charge is 0.262 e. The van der Waals surface area contributed by atoms with Crippen LogP contribution in [0.4, 0.5) is 0 Å². The van der Waals surface area contributed by atoms with E-state index < -0.39 is 0 Å². The summed E-state index contributed by atoms with van der Waals surface area (Å²) >= 11 is 0. The second-order valence-corrected chi connectivity index (χ2v) is 7.93. The van der Waals surface area contributed by atoms with E-state index in [2.05, 4.69) is 13.8 Å². The van der Waals surface area contributed by atoms with Crippen molar-refractivity contribution in [2.24, 2.45) is 0 Å². The van der Waals surface area contributed by atoms with Crippen molar-refractivity contribution in [2.45, 2.75) is 20.8 Å². The highest BCUT2D eigenvalue weighted by atomic mass is 16.2. The van der Waals surface area contributed by atoms with Crippen LogP contribution in [0.5, 0.6) is 0 Å². The largest absolute Gasteiger partial charge is 0.332 e. The van der Waals surface area contributed by atoms with E-state index in [-0.39, 0.29) is 11.5 Å². The molecule has 1 aliphatic rings. The molecule has 3 aromatic rings. The molecule has 2 aromatic carbocycles. The number of fused-ring (bicyclic) bond motifs is 1. The number of likely N-dealkylation sites (N-methyl/N-ethyl adjacent to an activating group) is 1. The topological polar surface area (TPSA) is 46.8 Å². The number of piperazine rings is 1. The molecule has 29 heavy (non-hydrogen) atoms. The van der Waals surface area contributed by atoms with Gasteiger partial charge in [-0.05, 0) is 50.1 Å². The van der Waals surface area contributed by atoms with E-state index in [1.807, 2.05) is 54.3 Å². The van der Waals surface area contributed by atoms with Crippen molar-refractivity contribution >= 4 is 16.7 Å². The standard InChI is InChI=1S/C24H27N3O2/c1-4-25-11-13-26(14-12-25)23(28)22-16-27(19-10-9-17(2)18(3)15-19)24(29)21-8-6-5-7-20(21)22/h5-10,15-16H,4,11-14H2,1-3H3/p+1. The Labute approximate surface area is 171 Å². The molecule has 1 N–H and O–H groups in total. The Balaban J connectivity index is 1.83. The Hall–Kier alpha value is -2.92. The zero-order chi connectivity index (χ0) is 20.5. The first kappa shape index (κ1) is 19.4. The van der Waals surface area contributed by atoms with Crippen LogP contribution in [0.25, 0.3) is 16.5 Å². The van der Waals surface area contributed by atoms with Gasteiger partial charge in [0.15, 0.2) is 0 Å². The first-order chi connectivity index (χ1) is 14.0. The molecule has 0 radical (unpaired) electrons. The molecule has 1 saturated heterocycles. The lowest BCUT2D eigenvalue weighted by molar-refractivity contribution is -0.902. The molecule has 0 atom stereocenters. The molecule has 0 aliphatic carbocycles. The number of hydrogen-bond donors (Lipinski definition) is 1. The predicted octanol–water partition coefficient (Wildman–Crippen LogP) is 1.97. The molecule has 1 aliphatic heterocycles. The number of aromatic nitrogens is 1. The molecule has 1 aromatic heterocycles. The Morgan fingerprint density at radius 1 is 1.00 bits per heavy atom. The summed E-state index contributed by atoms with van der Waals surface area (Å²) in [4.78, 5) is 30.1. The van der Waals surface area contributed by atoms with Crippen molar-refractivity contribution in [1.82, 2.24) is 9.47 Å². The monoisotopic (exact) mass is 390 g/mol. The number of rotatable bonds is 3. The summed E-state index contributed by atoms with van der Waals surface area (Å²) in [6.45, 7) is 10.8. The van der Waals surface area contributed by atoms with Crippen LogP contribution in [0.3, 0.4) is 0 Å². The van der Waals surface area contributed by atoms with Gasteiger partial charge in [-0.3, -0.25) is 14.2 Å². The average molecular weight is 391 g/mol. The summed E-state index contributed by atoms with van der Waals surface area (Å²) in [5.41, 5.74) is 3.58. The SMILES string of the molecule is CC[NH+]1CCN(C(=O)c2cn(-c3ccc(C)c(C)c3)c(=O)c3ccccc23)CC1. The Kier molecular flexibility index (Phi) is 5.24. The fourth-order valence-electron chi connectivity index (χ4n) is 4.08. The van der Waals surface area contributed by atoms with E-state index in [0.29, 0.717) is 10.9 Å². The van der Waals surface area contributed by atoms with Gasteiger partial charge < -0.3 is 9.80 Å². The van der Waals surface area contributed by atoms with Gasteiger partial charge >= 0.3 is 0 Å². The normalized spacial score (nSPS) is 15.1. The van der Waals surface area contributed by atoms with Crippen molar-refractivity contribution < 1.29 is 9.69 Å². The van der Waals surface area contributed by atoms with Gasteiger partial charge in [0.1, 0.15) is 0 Å². The van der Waals surface area contributed by atoms with Gasteiger partial charge in [0.05, 0.1) is 38.3 Å². The maximum Gasteiger partial charge on any atom is 0.262 e. The van der Waals surface area contributed by atoms with Gasteiger partial charge in [0.2, 0.25) is 0 Å². The quantitative estimate of drug-likeness (QED) is 0.743. The summed E-state index contributed by atoms with van der Waals surface area (Å²) in [5, 5.41) is 1.31. The second kappa shape index (κ2) is 7.84. The van der Waals surface area contributed by atoms with Crippen molar-refractivity contribution in [3.8, 4) is 5.69 Å². The Morgan fingerprint density at radius 3 is 2.34 bits per heavy atom. The van der Waals surface area contributed by atoms with Crippen LogP contribution < -0.4 is 10.5 Å². The zero-order valence-corrected chi connectivity index (χ0v) is 17.4. The minimum absolute atomic E-state index is 0.00827. The summed E-state index contributed by atoms with van der Waals surface area (Å²) in [7, 11) is 0. The number of benzene rings is 2. The van der Waals surface area contributed by atoms with Crippen molar-refractivity contribution in [3.63, 3.8) is 0 Å². The van der Waals surface area contributed by atoms with Crippen LogP contribution in [-0.2, 0) is 0 Å². The van der Waals surface area contributed by atoms with Crippen LogP contribution in [-0.4, -0.2) is 48.1 Å². The molecule has 4 rings (SSSR count). The van der Waals surface area contributed by atoms with Gasteiger partial charge in [0.25, 0.3) is 11.5 Å². The number of quaternary nitrogens is 1. The lowest BCUT2D eigenvalue weighted by Crippen LogP contribution is -3.14. The minimum atomic E-state index is -0.0966. The summed E-state index contributed by atoms with van der Waals surface area (Å²) in [5.74, 6) is 0.00827. The molecule has 0 spiro atoms. The number of carbonyl (C=O) groups excluding carboxylic acids is 1. The first-order valence-corrected chi connectivity index (χ1v) is 10.3. The molecular weight excluding hydrogens is 362 g/mol. The van der Waals surface area contributed by atoms with Crippen LogP contribution in [0.2, 0.25) is 0 Å². The van der Waals surface area contributed by atoms with E-state index in [4.69, 9.17) is 0 Å². The predicted molar refractivity (Wildman–Crippen MR) is 116 cm³/mol. The third-order valence-electron chi connectivity index (χ3n) is 6.18. The van der Waals surface area contributed by atoms with Crippen LogP contribution in [0.15, 0.2) is 53.5 Å². The maximum atomic E-state index is 13.4. The second-order valence-electron chi connectivity index (χ2n) is 7.93. The number of pyridine rings is 1. The average Bonchev–Trinajstić information content (AvgIpc) is 2.76. The summed E-state index contributed by atoms with van der Waals surface area (Å²) < 4.78 is 1.62. The van der Waals surface area contributed by atoms with Crippen molar-refractivity contribution in [1.29, 1.82) is 0 Å². The number of amides is 1. The van der Waals surface area contributed by atoms with Gasteiger partial charge in [0, 0.05) is 22.7 Å². The highest BCUT2D eigenvalue weighted by Gasteiger charge is 2.26. The van der Waals surface area contributed by atoms with Gasteiger partial charge in [-0.15, -0.1) is 0 Å². The summed E-state index contributed by atoms with van der Waals surface area (Å²) in [6.07, 6.45) is 1.73. The summed E-state index contributed by atoms with van der Waals surface area (Å²) in [6, 6.07) is 13.4. The molecule has 0 unspecified atom stereocenters. The fourth-order valence-corrected chi connectivity index (χ4v) is 4.08. The van der Waals surface area contributed by atoms with Crippen LogP contribution in [0, 0.1) is 13.8 Å². The van der Waals surface area contributed by atoms with Crippen molar-refractivity contribution in [3.05, 3.63) is 75.7 Å². The Bertz CT molecular complexity index is 1120.